The van der Waals surface area contributed by atoms with Gasteiger partial charge in [0.15, 0.2) is 0 Å². The van der Waals surface area contributed by atoms with E-state index >= 15 is 0 Å². The van der Waals surface area contributed by atoms with Crippen LogP contribution in [0.2, 0.25) is 0 Å². The Hall–Kier alpha value is -1.46. The van der Waals surface area contributed by atoms with Crippen molar-refractivity contribution in [2.24, 2.45) is 17.3 Å². The van der Waals surface area contributed by atoms with Crippen LogP contribution < -0.4 is 4.74 Å². The van der Waals surface area contributed by atoms with Crippen LogP contribution in [0.25, 0.3) is 0 Å². The molecule has 3 aliphatic rings. The fraction of sp³-hybridized carbons (Fsp3) is 0.619. The molecule has 1 aromatic carbocycles. The van der Waals surface area contributed by atoms with E-state index in [0.717, 1.165) is 37.9 Å². The third-order valence-electron chi connectivity index (χ3n) is 7.32. The number of fused-ring (bicyclic) bond motifs is 5. The number of hydrogen-bond acceptors (Lipinski definition) is 2. The van der Waals surface area contributed by atoms with E-state index < -0.39 is 5.60 Å². The molecular formula is C21H26O2. The van der Waals surface area contributed by atoms with Crippen LogP contribution in [0.3, 0.4) is 0 Å². The fourth-order valence-corrected chi connectivity index (χ4v) is 5.94. The molecule has 122 valence electrons. The molecule has 4 rings (SSSR count). The summed E-state index contributed by atoms with van der Waals surface area (Å²) in [5.41, 5.74) is 1.97. The normalized spacial score (nSPS) is 41.4. The minimum absolute atomic E-state index is 0.104. The molecule has 3 aliphatic carbocycles. The molecule has 0 aliphatic heterocycles. The summed E-state index contributed by atoms with van der Waals surface area (Å²) in [6.07, 6.45) is 12.1. The Morgan fingerprint density at radius 1 is 1.26 bits per heavy atom. The summed E-state index contributed by atoms with van der Waals surface area (Å²) >= 11 is 0. The van der Waals surface area contributed by atoms with Gasteiger partial charge in [-0.3, -0.25) is 0 Å². The number of terminal acetylenes is 1. The summed E-state index contributed by atoms with van der Waals surface area (Å²) in [6.45, 7) is 2.24. The van der Waals surface area contributed by atoms with E-state index in [4.69, 9.17) is 11.2 Å². The molecule has 0 unspecified atom stereocenters. The van der Waals surface area contributed by atoms with E-state index in [1.807, 2.05) is 0 Å². The summed E-state index contributed by atoms with van der Waals surface area (Å²) in [6, 6.07) is 6.59. The lowest BCUT2D eigenvalue weighted by Gasteiger charge is -2.52. The maximum Gasteiger partial charge on any atom is 0.130 e. The van der Waals surface area contributed by atoms with Crippen LogP contribution in [0.5, 0.6) is 5.75 Å². The number of aryl methyl sites for hydroxylation is 1. The molecule has 5 atom stereocenters. The molecule has 0 heterocycles. The van der Waals surface area contributed by atoms with Gasteiger partial charge < -0.3 is 9.84 Å². The van der Waals surface area contributed by atoms with Crippen LogP contribution in [-0.2, 0) is 6.42 Å². The van der Waals surface area contributed by atoms with Gasteiger partial charge in [-0.05, 0) is 79.5 Å². The van der Waals surface area contributed by atoms with E-state index in [-0.39, 0.29) is 5.41 Å². The van der Waals surface area contributed by atoms with Gasteiger partial charge >= 0.3 is 0 Å². The van der Waals surface area contributed by atoms with Gasteiger partial charge in [0.1, 0.15) is 11.4 Å². The van der Waals surface area contributed by atoms with Crippen LogP contribution in [0, 0.1) is 29.6 Å². The van der Waals surface area contributed by atoms with Crippen molar-refractivity contribution < 1.29 is 9.84 Å². The van der Waals surface area contributed by atoms with Gasteiger partial charge in [0.2, 0.25) is 0 Å². The molecule has 0 radical (unpaired) electrons. The molecule has 1 aromatic rings. The van der Waals surface area contributed by atoms with E-state index in [9.17, 15) is 5.11 Å². The Bertz CT molecular complexity index is 673. The van der Waals surface area contributed by atoms with E-state index in [0.29, 0.717) is 17.8 Å². The van der Waals surface area contributed by atoms with Crippen molar-refractivity contribution in [3.63, 3.8) is 0 Å². The summed E-state index contributed by atoms with van der Waals surface area (Å²) in [5.74, 6) is 5.56. The number of methoxy groups -OCH3 is 1. The van der Waals surface area contributed by atoms with Crippen LogP contribution in [0.1, 0.15) is 56.1 Å². The first kappa shape index (κ1) is 15.1. The zero-order valence-corrected chi connectivity index (χ0v) is 14.1. The molecule has 23 heavy (non-hydrogen) atoms. The van der Waals surface area contributed by atoms with Crippen molar-refractivity contribution >= 4 is 0 Å². The summed E-state index contributed by atoms with van der Waals surface area (Å²) in [5, 5.41) is 11.0. The van der Waals surface area contributed by atoms with Gasteiger partial charge in [0.25, 0.3) is 0 Å². The average Bonchev–Trinajstić information content (AvgIpc) is 2.86. The number of aliphatic hydroxyl groups is 1. The zero-order chi connectivity index (χ0) is 16.2. The second-order valence-electron chi connectivity index (χ2n) is 7.98. The van der Waals surface area contributed by atoms with Gasteiger partial charge in [0, 0.05) is 5.41 Å². The maximum absolute atomic E-state index is 11.0. The van der Waals surface area contributed by atoms with Crippen molar-refractivity contribution in [1.29, 1.82) is 0 Å². The van der Waals surface area contributed by atoms with Gasteiger partial charge in [-0.25, -0.2) is 0 Å². The molecule has 0 saturated heterocycles. The predicted molar refractivity (Wildman–Crippen MR) is 91.4 cm³/mol. The highest BCUT2D eigenvalue weighted by Gasteiger charge is 2.61. The third kappa shape index (κ3) is 1.93. The SMILES string of the molecule is C#C[C@@]1(O)CC[C@@H]2[C@H]3CCc4cc(OC)ccc4[C@@H]3CC[C@]21C. The second kappa shape index (κ2) is 5.02. The van der Waals surface area contributed by atoms with E-state index in [2.05, 4.69) is 31.0 Å². The quantitative estimate of drug-likeness (QED) is 0.797. The second-order valence-corrected chi connectivity index (χ2v) is 7.98. The fourth-order valence-electron chi connectivity index (χ4n) is 5.94. The molecule has 0 bridgehead atoms. The van der Waals surface area contributed by atoms with Gasteiger partial charge in [-0.15, -0.1) is 6.42 Å². The monoisotopic (exact) mass is 310 g/mol. The predicted octanol–water partition coefficient (Wildman–Crippen LogP) is 3.92. The molecule has 0 spiro atoms. The molecule has 2 heteroatoms. The van der Waals surface area contributed by atoms with Crippen molar-refractivity contribution in [3.8, 4) is 18.1 Å². The first-order valence-corrected chi connectivity index (χ1v) is 8.89. The van der Waals surface area contributed by atoms with Crippen molar-refractivity contribution in [3.05, 3.63) is 29.3 Å². The molecule has 2 fully saturated rings. The summed E-state index contributed by atoms with van der Waals surface area (Å²) in [7, 11) is 1.73. The minimum atomic E-state index is -0.900. The zero-order valence-electron chi connectivity index (χ0n) is 14.1. The number of ether oxygens (including phenoxy) is 1. The minimum Gasteiger partial charge on any atom is -0.497 e. The molecule has 0 amide bonds. The number of rotatable bonds is 1. The van der Waals surface area contributed by atoms with Crippen molar-refractivity contribution in [1.82, 2.24) is 0 Å². The molecule has 1 N–H and O–H groups in total. The van der Waals surface area contributed by atoms with Crippen molar-refractivity contribution in [2.75, 3.05) is 7.11 Å². The largest absolute Gasteiger partial charge is 0.497 e. The Kier molecular flexibility index (Phi) is 3.29. The van der Waals surface area contributed by atoms with Crippen LogP contribution in [-0.4, -0.2) is 17.8 Å². The Morgan fingerprint density at radius 3 is 2.83 bits per heavy atom. The highest BCUT2D eigenvalue weighted by molar-refractivity contribution is 5.41. The lowest BCUT2D eigenvalue weighted by atomic mass is 9.53. The number of benzene rings is 1. The highest BCUT2D eigenvalue weighted by Crippen LogP contribution is 2.64. The lowest BCUT2D eigenvalue weighted by molar-refractivity contribution is -0.0646. The van der Waals surface area contributed by atoms with Gasteiger partial charge in [-0.1, -0.05) is 18.9 Å². The molecular weight excluding hydrogens is 284 g/mol. The molecule has 2 saturated carbocycles. The van der Waals surface area contributed by atoms with Gasteiger partial charge in [-0.2, -0.15) is 0 Å². The van der Waals surface area contributed by atoms with E-state index in [1.54, 1.807) is 7.11 Å². The molecule has 0 aromatic heterocycles. The Labute approximate surface area is 139 Å². The number of hydrogen-bond donors (Lipinski definition) is 1. The van der Waals surface area contributed by atoms with Crippen LogP contribution >= 0.6 is 0 Å². The smallest absolute Gasteiger partial charge is 0.130 e. The Balaban J connectivity index is 1.70. The topological polar surface area (TPSA) is 29.5 Å². The first-order chi connectivity index (χ1) is 11.0. The molecule has 2 nitrogen and oxygen atoms in total. The van der Waals surface area contributed by atoms with E-state index in [1.165, 1.54) is 17.5 Å². The highest BCUT2D eigenvalue weighted by atomic mass is 16.5. The van der Waals surface area contributed by atoms with Crippen LogP contribution in [0.15, 0.2) is 18.2 Å². The standard InChI is InChI=1S/C21H26O2/c1-4-21(22)12-10-19-18-7-5-14-13-15(23-3)6-8-16(14)17(18)9-11-20(19,21)2/h1,6,8,13,17-19,22H,5,7,9-12H2,2-3H3/t17-,18-,19+,20+,21+/m0/s1. The maximum atomic E-state index is 11.0. The van der Waals surface area contributed by atoms with Gasteiger partial charge in [0.05, 0.1) is 7.11 Å². The lowest BCUT2D eigenvalue weighted by Crippen LogP contribution is -2.50. The Morgan fingerprint density at radius 2 is 2.09 bits per heavy atom. The third-order valence-corrected chi connectivity index (χ3v) is 7.32. The average molecular weight is 310 g/mol. The van der Waals surface area contributed by atoms with Crippen molar-refractivity contribution in [2.45, 2.75) is 57.0 Å². The van der Waals surface area contributed by atoms with Crippen LogP contribution in [0.4, 0.5) is 0 Å². The summed E-state index contributed by atoms with van der Waals surface area (Å²) in [4.78, 5) is 0. The summed E-state index contributed by atoms with van der Waals surface area (Å²) < 4.78 is 5.39. The first-order valence-electron chi connectivity index (χ1n) is 8.89.